The van der Waals surface area contributed by atoms with Gasteiger partial charge in [0.2, 0.25) is 0 Å². The third kappa shape index (κ3) is 5.33. The van der Waals surface area contributed by atoms with Crippen LogP contribution < -0.4 is 4.74 Å². The zero-order valence-electron chi connectivity index (χ0n) is 13.4. The molecule has 1 aromatic carbocycles. The Labute approximate surface area is 128 Å². The van der Waals surface area contributed by atoms with E-state index in [1.54, 1.807) is 0 Å². The lowest BCUT2D eigenvalue weighted by Crippen LogP contribution is -2.25. The largest absolute Gasteiger partial charge is 0.491 e. The van der Waals surface area contributed by atoms with Crippen LogP contribution in [0.25, 0.3) is 0 Å². The number of hydrogen-bond acceptors (Lipinski definition) is 1. The van der Waals surface area contributed by atoms with E-state index in [0.29, 0.717) is 12.3 Å². The van der Waals surface area contributed by atoms with E-state index in [9.17, 15) is 4.39 Å². The van der Waals surface area contributed by atoms with Gasteiger partial charge in [0, 0.05) is 0 Å². The molecule has 0 bridgehead atoms. The average Bonchev–Trinajstić information content (AvgIpc) is 2.52. The molecule has 0 heterocycles. The monoisotopic (exact) mass is 292 g/mol. The highest BCUT2D eigenvalue weighted by molar-refractivity contribution is 5.20. The number of rotatable bonds is 7. The summed E-state index contributed by atoms with van der Waals surface area (Å²) in [5.74, 6) is 2.87. The zero-order chi connectivity index (χ0) is 15.1. The summed E-state index contributed by atoms with van der Waals surface area (Å²) in [7, 11) is 0. The van der Waals surface area contributed by atoms with Gasteiger partial charge in [0.25, 0.3) is 0 Å². The molecule has 2 atom stereocenters. The van der Waals surface area contributed by atoms with Gasteiger partial charge in [0.15, 0.2) is 0 Å². The van der Waals surface area contributed by atoms with E-state index < -0.39 is 6.17 Å². The predicted octanol–water partition coefficient (Wildman–Crippen LogP) is 5.65. The fourth-order valence-corrected chi connectivity index (χ4v) is 3.55. The maximum Gasteiger partial charge on any atom is 0.134 e. The lowest BCUT2D eigenvalue weighted by molar-refractivity contribution is 0.126. The zero-order valence-corrected chi connectivity index (χ0v) is 13.4. The second-order valence-electron chi connectivity index (χ2n) is 6.65. The normalized spacial score (nSPS) is 25.3. The van der Waals surface area contributed by atoms with Crippen molar-refractivity contribution >= 4 is 0 Å². The second kappa shape index (κ2) is 8.41. The number of alkyl halides is 1. The van der Waals surface area contributed by atoms with Crippen LogP contribution in [0.1, 0.15) is 52.4 Å². The lowest BCUT2D eigenvalue weighted by atomic mass is 9.74. The minimum Gasteiger partial charge on any atom is -0.491 e. The Morgan fingerprint density at radius 1 is 1.14 bits per heavy atom. The highest BCUT2D eigenvalue weighted by atomic mass is 19.1. The summed E-state index contributed by atoms with van der Waals surface area (Å²) in [6.45, 7) is 4.72. The van der Waals surface area contributed by atoms with Crippen LogP contribution in [0.15, 0.2) is 30.3 Å². The molecular formula is C19H29FO. The van der Waals surface area contributed by atoms with Gasteiger partial charge >= 0.3 is 0 Å². The summed E-state index contributed by atoms with van der Waals surface area (Å²) in [5.41, 5.74) is 0. The fraction of sp³-hybridized carbons (Fsp3) is 0.684. The Hall–Kier alpha value is -1.05. The number of para-hydroxylation sites is 1. The van der Waals surface area contributed by atoms with E-state index in [2.05, 4.69) is 13.8 Å². The van der Waals surface area contributed by atoms with Gasteiger partial charge in [-0.15, -0.1) is 0 Å². The summed E-state index contributed by atoms with van der Waals surface area (Å²) in [6.07, 6.45) is 6.09. The van der Waals surface area contributed by atoms with E-state index in [0.717, 1.165) is 24.0 Å². The van der Waals surface area contributed by atoms with E-state index in [1.807, 2.05) is 30.3 Å². The number of ether oxygens (including phenoxy) is 1. The maximum atomic E-state index is 14.2. The van der Waals surface area contributed by atoms with Gasteiger partial charge in [-0.2, -0.15) is 0 Å². The van der Waals surface area contributed by atoms with Crippen molar-refractivity contribution in [2.24, 2.45) is 17.8 Å². The molecule has 0 saturated heterocycles. The van der Waals surface area contributed by atoms with Crippen LogP contribution in [-0.4, -0.2) is 12.8 Å². The van der Waals surface area contributed by atoms with Crippen LogP contribution in [0.5, 0.6) is 5.75 Å². The van der Waals surface area contributed by atoms with Crippen molar-refractivity contribution in [3.8, 4) is 5.75 Å². The van der Waals surface area contributed by atoms with Crippen molar-refractivity contribution in [1.82, 2.24) is 0 Å². The summed E-state index contributed by atoms with van der Waals surface area (Å²) in [5, 5.41) is 0. The van der Waals surface area contributed by atoms with Crippen molar-refractivity contribution < 1.29 is 9.13 Å². The van der Waals surface area contributed by atoms with Crippen LogP contribution in [0.4, 0.5) is 4.39 Å². The van der Waals surface area contributed by atoms with Gasteiger partial charge < -0.3 is 4.74 Å². The smallest absolute Gasteiger partial charge is 0.134 e. The van der Waals surface area contributed by atoms with Crippen molar-refractivity contribution in [3.05, 3.63) is 30.3 Å². The predicted molar refractivity (Wildman–Crippen MR) is 86.4 cm³/mol. The number of hydrogen-bond donors (Lipinski definition) is 0. The fourth-order valence-electron chi connectivity index (χ4n) is 3.55. The Morgan fingerprint density at radius 3 is 2.43 bits per heavy atom. The van der Waals surface area contributed by atoms with Crippen LogP contribution in [0.2, 0.25) is 0 Å². The standard InChI is InChI=1S/C19H29FO/c1-3-16(17-11-9-15(2)10-12-17)13-18(20)14-21-19-7-5-4-6-8-19/h4-8,15-18H,3,9-14H2,1-2H3/t15-,16?,17-,18?. The van der Waals surface area contributed by atoms with Gasteiger partial charge in [0.1, 0.15) is 18.5 Å². The number of halogens is 1. The molecule has 0 aromatic heterocycles. The molecule has 21 heavy (non-hydrogen) atoms. The first-order valence-corrected chi connectivity index (χ1v) is 8.51. The van der Waals surface area contributed by atoms with Gasteiger partial charge in [0.05, 0.1) is 0 Å². The molecule has 2 unspecified atom stereocenters. The Kier molecular flexibility index (Phi) is 6.53. The summed E-state index contributed by atoms with van der Waals surface area (Å²) >= 11 is 0. The minimum absolute atomic E-state index is 0.184. The highest BCUT2D eigenvalue weighted by Gasteiger charge is 2.27. The molecule has 1 nitrogen and oxygen atoms in total. The molecule has 1 saturated carbocycles. The maximum absolute atomic E-state index is 14.2. The Bertz CT molecular complexity index is 384. The molecule has 0 N–H and O–H groups in total. The summed E-state index contributed by atoms with van der Waals surface area (Å²) in [4.78, 5) is 0. The first-order chi connectivity index (χ1) is 10.2. The topological polar surface area (TPSA) is 9.23 Å². The highest BCUT2D eigenvalue weighted by Crippen LogP contribution is 2.36. The summed E-state index contributed by atoms with van der Waals surface area (Å²) in [6, 6.07) is 9.54. The van der Waals surface area contributed by atoms with Crippen molar-refractivity contribution in [3.63, 3.8) is 0 Å². The first kappa shape index (κ1) is 16.3. The Balaban J connectivity index is 1.75. The van der Waals surface area contributed by atoms with E-state index in [4.69, 9.17) is 4.74 Å². The van der Waals surface area contributed by atoms with Gasteiger partial charge in [-0.1, -0.05) is 51.3 Å². The van der Waals surface area contributed by atoms with E-state index in [-0.39, 0.29) is 6.61 Å². The molecule has 0 radical (unpaired) electrons. The second-order valence-corrected chi connectivity index (χ2v) is 6.65. The molecular weight excluding hydrogens is 263 g/mol. The van der Waals surface area contributed by atoms with E-state index in [1.165, 1.54) is 25.7 Å². The van der Waals surface area contributed by atoms with Gasteiger partial charge in [-0.3, -0.25) is 0 Å². The van der Waals surface area contributed by atoms with Crippen LogP contribution >= 0.6 is 0 Å². The Morgan fingerprint density at radius 2 is 1.81 bits per heavy atom. The van der Waals surface area contributed by atoms with Crippen LogP contribution in [-0.2, 0) is 0 Å². The third-order valence-corrected chi connectivity index (χ3v) is 4.98. The van der Waals surface area contributed by atoms with Crippen LogP contribution in [0.3, 0.4) is 0 Å². The SMILES string of the molecule is CCC(CC(F)COc1ccccc1)[C@H]1CC[C@H](C)CC1. The molecule has 2 heteroatoms. The number of benzene rings is 1. The minimum atomic E-state index is -0.852. The van der Waals surface area contributed by atoms with E-state index >= 15 is 0 Å². The lowest BCUT2D eigenvalue weighted by Gasteiger charge is -2.33. The molecule has 2 rings (SSSR count). The summed E-state index contributed by atoms with van der Waals surface area (Å²) < 4.78 is 19.8. The molecule has 0 spiro atoms. The van der Waals surface area contributed by atoms with Gasteiger partial charge in [-0.25, -0.2) is 4.39 Å². The molecule has 0 aliphatic heterocycles. The molecule has 1 aliphatic rings. The van der Waals surface area contributed by atoms with Crippen molar-refractivity contribution in [2.75, 3.05) is 6.61 Å². The quantitative estimate of drug-likeness (QED) is 0.631. The molecule has 1 aromatic rings. The molecule has 1 fully saturated rings. The van der Waals surface area contributed by atoms with Crippen molar-refractivity contribution in [1.29, 1.82) is 0 Å². The van der Waals surface area contributed by atoms with Crippen LogP contribution in [0, 0.1) is 17.8 Å². The molecule has 0 amide bonds. The van der Waals surface area contributed by atoms with Gasteiger partial charge in [-0.05, 0) is 49.1 Å². The third-order valence-electron chi connectivity index (χ3n) is 4.98. The molecule has 118 valence electrons. The first-order valence-electron chi connectivity index (χ1n) is 8.51. The van der Waals surface area contributed by atoms with Crippen molar-refractivity contribution in [2.45, 2.75) is 58.5 Å². The average molecular weight is 292 g/mol. The molecule has 1 aliphatic carbocycles.